The van der Waals surface area contributed by atoms with Crippen LogP contribution in [0.25, 0.3) is 0 Å². The fourth-order valence-electron chi connectivity index (χ4n) is 2.11. The van der Waals surface area contributed by atoms with Crippen molar-refractivity contribution in [2.75, 3.05) is 13.2 Å². The minimum Gasteiger partial charge on any atom is -0.463 e. The van der Waals surface area contributed by atoms with Gasteiger partial charge in [0, 0.05) is 12.2 Å². The van der Waals surface area contributed by atoms with Gasteiger partial charge in [0.15, 0.2) is 0 Å². The van der Waals surface area contributed by atoms with Gasteiger partial charge in [0.05, 0.1) is 25.4 Å². The molecule has 1 heterocycles. The summed E-state index contributed by atoms with van der Waals surface area (Å²) in [6, 6.07) is 10.4. The van der Waals surface area contributed by atoms with Crippen LogP contribution in [0.15, 0.2) is 42.1 Å². The predicted octanol–water partition coefficient (Wildman–Crippen LogP) is 2.40. The molecule has 0 fully saturated rings. The number of nitrogens with one attached hydrogen (secondary N) is 1. The van der Waals surface area contributed by atoms with Gasteiger partial charge in [0.25, 0.3) is 0 Å². The minimum absolute atomic E-state index is 0.219. The van der Waals surface area contributed by atoms with Gasteiger partial charge in [-0.3, -0.25) is 0 Å². The van der Waals surface area contributed by atoms with E-state index in [0.29, 0.717) is 25.4 Å². The van der Waals surface area contributed by atoms with E-state index in [1.165, 1.54) is 5.56 Å². The van der Waals surface area contributed by atoms with Crippen molar-refractivity contribution in [3.8, 4) is 0 Å². The van der Waals surface area contributed by atoms with Crippen LogP contribution in [0.3, 0.4) is 0 Å². The molecule has 4 heteroatoms. The molecule has 0 aromatic heterocycles. The molecular formula is C16H21NO3. The van der Waals surface area contributed by atoms with E-state index < -0.39 is 0 Å². The maximum atomic E-state index is 11.5. The molecular weight excluding hydrogens is 254 g/mol. The summed E-state index contributed by atoms with van der Waals surface area (Å²) in [5, 5.41) is 3.21. The zero-order valence-corrected chi connectivity index (χ0v) is 11.8. The standard InChI is InChI=1S/C16H21NO3/c1-2-20-16(18)14-8-9-15(17-10-14)12-19-11-13-6-4-3-5-7-13/h3-7,10,15,17H,2,8-9,11-12H2,1H3. The topological polar surface area (TPSA) is 47.6 Å². The first kappa shape index (κ1) is 14.6. The Kier molecular flexibility index (Phi) is 5.62. The molecule has 1 aromatic carbocycles. The highest BCUT2D eigenvalue weighted by Gasteiger charge is 2.19. The van der Waals surface area contributed by atoms with E-state index in [-0.39, 0.29) is 12.0 Å². The van der Waals surface area contributed by atoms with Crippen LogP contribution in [0.4, 0.5) is 0 Å². The van der Waals surface area contributed by atoms with Crippen LogP contribution in [0.1, 0.15) is 25.3 Å². The fraction of sp³-hybridized carbons (Fsp3) is 0.438. The van der Waals surface area contributed by atoms with Crippen molar-refractivity contribution in [2.45, 2.75) is 32.4 Å². The van der Waals surface area contributed by atoms with Gasteiger partial charge in [-0.2, -0.15) is 0 Å². The second kappa shape index (κ2) is 7.70. The van der Waals surface area contributed by atoms with Crippen LogP contribution in [0.2, 0.25) is 0 Å². The lowest BCUT2D eigenvalue weighted by molar-refractivity contribution is -0.138. The zero-order chi connectivity index (χ0) is 14.2. The maximum absolute atomic E-state index is 11.5. The Morgan fingerprint density at radius 2 is 2.15 bits per heavy atom. The van der Waals surface area contributed by atoms with Gasteiger partial charge in [-0.15, -0.1) is 0 Å². The van der Waals surface area contributed by atoms with Crippen molar-refractivity contribution in [2.24, 2.45) is 0 Å². The van der Waals surface area contributed by atoms with Gasteiger partial charge in [-0.1, -0.05) is 30.3 Å². The SMILES string of the molecule is CCOC(=O)C1=CNC(COCc2ccccc2)CC1. The molecule has 1 atom stereocenters. The Bertz CT molecular complexity index is 456. The van der Waals surface area contributed by atoms with Crippen LogP contribution >= 0.6 is 0 Å². The summed E-state index contributed by atoms with van der Waals surface area (Å²) in [6.45, 7) is 3.49. The van der Waals surface area contributed by atoms with Crippen molar-refractivity contribution in [3.63, 3.8) is 0 Å². The Balaban J connectivity index is 1.70. The lowest BCUT2D eigenvalue weighted by Crippen LogP contribution is -2.34. The number of carbonyl (C=O) groups is 1. The van der Waals surface area contributed by atoms with Crippen molar-refractivity contribution in [3.05, 3.63) is 47.7 Å². The summed E-state index contributed by atoms with van der Waals surface area (Å²) in [4.78, 5) is 11.5. The van der Waals surface area contributed by atoms with E-state index >= 15 is 0 Å². The molecule has 0 radical (unpaired) electrons. The van der Waals surface area contributed by atoms with Gasteiger partial charge in [-0.25, -0.2) is 4.79 Å². The van der Waals surface area contributed by atoms with Gasteiger partial charge in [-0.05, 0) is 25.3 Å². The van der Waals surface area contributed by atoms with Gasteiger partial charge in [0.2, 0.25) is 0 Å². The van der Waals surface area contributed by atoms with E-state index in [1.807, 2.05) is 37.3 Å². The number of hydrogen-bond acceptors (Lipinski definition) is 4. The third kappa shape index (κ3) is 4.38. The smallest absolute Gasteiger partial charge is 0.335 e. The van der Waals surface area contributed by atoms with Gasteiger partial charge < -0.3 is 14.8 Å². The molecule has 1 N–H and O–H groups in total. The van der Waals surface area contributed by atoms with Crippen molar-refractivity contribution >= 4 is 5.97 Å². The van der Waals surface area contributed by atoms with Crippen molar-refractivity contribution in [1.29, 1.82) is 0 Å². The third-order valence-corrected chi connectivity index (χ3v) is 3.22. The average molecular weight is 275 g/mol. The number of benzene rings is 1. The number of ether oxygens (including phenoxy) is 2. The highest BCUT2D eigenvalue weighted by Crippen LogP contribution is 2.15. The number of esters is 1. The number of carbonyl (C=O) groups excluding carboxylic acids is 1. The molecule has 4 nitrogen and oxygen atoms in total. The van der Waals surface area contributed by atoms with E-state index in [9.17, 15) is 4.79 Å². The third-order valence-electron chi connectivity index (χ3n) is 3.22. The molecule has 1 unspecified atom stereocenters. The first-order chi connectivity index (χ1) is 9.79. The molecule has 0 amide bonds. The second-order valence-corrected chi connectivity index (χ2v) is 4.79. The highest BCUT2D eigenvalue weighted by molar-refractivity contribution is 5.88. The molecule has 0 spiro atoms. The van der Waals surface area contributed by atoms with Crippen LogP contribution in [-0.2, 0) is 20.9 Å². The lowest BCUT2D eigenvalue weighted by atomic mass is 10.0. The lowest BCUT2D eigenvalue weighted by Gasteiger charge is -2.23. The van der Waals surface area contributed by atoms with Gasteiger partial charge >= 0.3 is 5.97 Å². The molecule has 1 aromatic rings. The normalized spacial score (nSPS) is 18.1. The average Bonchev–Trinajstić information content (AvgIpc) is 2.49. The van der Waals surface area contributed by atoms with Crippen molar-refractivity contribution in [1.82, 2.24) is 5.32 Å². The minimum atomic E-state index is -0.219. The Morgan fingerprint density at radius 3 is 2.80 bits per heavy atom. The zero-order valence-electron chi connectivity index (χ0n) is 11.8. The molecule has 1 aliphatic rings. The second-order valence-electron chi connectivity index (χ2n) is 4.79. The summed E-state index contributed by atoms with van der Waals surface area (Å²) in [5.74, 6) is -0.219. The molecule has 0 saturated carbocycles. The Labute approximate surface area is 119 Å². The summed E-state index contributed by atoms with van der Waals surface area (Å²) in [6.07, 6.45) is 3.39. The molecule has 0 bridgehead atoms. The quantitative estimate of drug-likeness (QED) is 0.810. The molecule has 1 aliphatic heterocycles. The first-order valence-electron chi connectivity index (χ1n) is 7.03. The summed E-state index contributed by atoms with van der Waals surface area (Å²) >= 11 is 0. The summed E-state index contributed by atoms with van der Waals surface area (Å²) in [7, 11) is 0. The monoisotopic (exact) mass is 275 g/mol. The van der Waals surface area contributed by atoms with E-state index in [1.54, 1.807) is 6.20 Å². The van der Waals surface area contributed by atoms with Gasteiger partial charge in [0.1, 0.15) is 0 Å². The van der Waals surface area contributed by atoms with Crippen LogP contribution in [0, 0.1) is 0 Å². The highest BCUT2D eigenvalue weighted by atomic mass is 16.5. The van der Waals surface area contributed by atoms with E-state index in [4.69, 9.17) is 9.47 Å². The Morgan fingerprint density at radius 1 is 1.35 bits per heavy atom. The first-order valence-corrected chi connectivity index (χ1v) is 7.03. The Hall–Kier alpha value is -1.81. The molecule has 0 aliphatic carbocycles. The van der Waals surface area contributed by atoms with Crippen LogP contribution in [0.5, 0.6) is 0 Å². The van der Waals surface area contributed by atoms with Crippen LogP contribution < -0.4 is 5.32 Å². The molecule has 0 saturated heterocycles. The van der Waals surface area contributed by atoms with Crippen molar-refractivity contribution < 1.29 is 14.3 Å². The maximum Gasteiger partial charge on any atom is 0.335 e. The summed E-state index contributed by atoms with van der Waals surface area (Å²) < 4.78 is 10.7. The molecule has 2 rings (SSSR count). The fourth-order valence-corrected chi connectivity index (χ4v) is 2.11. The number of rotatable bonds is 6. The largest absolute Gasteiger partial charge is 0.463 e. The van der Waals surface area contributed by atoms with E-state index in [2.05, 4.69) is 5.32 Å². The molecule has 108 valence electrons. The van der Waals surface area contributed by atoms with E-state index in [0.717, 1.165) is 12.8 Å². The van der Waals surface area contributed by atoms with Crippen LogP contribution in [-0.4, -0.2) is 25.2 Å². The summed E-state index contributed by atoms with van der Waals surface area (Å²) in [5.41, 5.74) is 1.89. The predicted molar refractivity (Wildman–Crippen MR) is 77.0 cm³/mol. The number of hydrogen-bond donors (Lipinski definition) is 1. The molecule has 20 heavy (non-hydrogen) atoms.